The molecule has 0 atom stereocenters. The lowest BCUT2D eigenvalue weighted by molar-refractivity contribution is 0.206. The molecule has 0 aliphatic heterocycles. The fourth-order valence-corrected chi connectivity index (χ4v) is 3.69. The van der Waals surface area contributed by atoms with Gasteiger partial charge < -0.3 is 9.72 Å². The molecule has 130 valence electrons. The van der Waals surface area contributed by atoms with Gasteiger partial charge in [-0.15, -0.1) is 11.3 Å². The summed E-state index contributed by atoms with van der Waals surface area (Å²) in [5.41, 5.74) is 1.75. The van der Waals surface area contributed by atoms with E-state index in [1.54, 1.807) is 29.2 Å². The number of rotatable bonds is 4. The van der Waals surface area contributed by atoms with E-state index in [1.165, 1.54) is 11.3 Å². The van der Waals surface area contributed by atoms with Crippen LogP contribution in [-0.4, -0.2) is 17.6 Å². The molecular formula is C18H17ClN2O2S2. The molecule has 0 unspecified atom stereocenters. The van der Waals surface area contributed by atoms with Crippen LogP contribution in [0.4, 0.5) is 10.5 Å². The number of carbonyl (C=O) groups excluding carboxylic acids is 1. The predicted octanol–water partition coefficient (Wildman–Crippen LogP) is 6.27. The number of hydrogen-bond donors (Lipinski definition) is 1. The number of benzene rings is 2. The van der Waals surface area contributed by atoms with Crippen LogP contribution < -0.4 is 9.64 Å². The summed E-state index contributed by atoms with van der Waals surface area (Å²) in [6.07, 6.45) is -0.422. The molecule has 25 heavy (non-hydrogen) atoms. The number of aromatic amines is 1. The number of anilines is 1. The largest absolute Gasteiger partial charge is 0.419 e. The first-order chi connectivity index (χ1) is 11.9. The van der Waals surface area contributed by atoms with Crippen molar-refractivity contribution in [2.24, 2.45) is 5.92 Å². The highest BCUT2D eigenvalue weighted by atomic mass is 35.5. The third-order valence-corrected chi connectivity index (χ3v) is 4.95. The maximum Gasteiger partial charge on any atom is 0.419 e. The smallest absolute Gasteiger partial charge is 0.410 e. The Labute approximate surface area is 160 Å². The summed E-state index contributed by atoms with van der Waals surface area (Å²) >= 11 is 12.5. The van der Waals surface area contributed by atoms with E-state index in [9.17, 15) is 4.79 Å². The third kappa shape index (κ3) is 4.39. The SMILES string of the molecule is CC(C)CN(C(=O)Oc1ccc(Cl)cc1)c1ccc2[nH]c(=S)sc2c1. The van der Waals surface area contributed by atoms with Crippen LogP contribution in [0.25, 0.3) is 10.2 Å². The quantitative estimate of drug-likeness (QED) is 0.532. The number of amides is 1. The van der Waals surface area contributed by atoms with Crippen molar-refractivity contribution in [1.29, 1.82) is 0 Å². The summed E-state index contributed by atoms with van der Waals surface area (Å²) < 4.78 is 7.23. The first-order valence-electron chi connectivity index (χ1n) is 7.80. The highest BCUT2D eigenvalue weighted by molar-refractivity contribution is 7.73. The monoisotopic (exact) mass is 392 g/mol. The molecule has 1 N–H and O–H groups in total. The van der Waals surface area contributed by atoms with Gasteiger partial charge in [0.15, 0.2) is 3.95 Å². The number of aromatic nitrogens is 1. The van der Waals surface area contributed by atoms with Crippen molar-refractivity contribution in [3.05, 3.63) is 51.4 Å². The van der Waals surface area contributed by atoms with Crippen LogP contribution >= 0.6 is 35.2 Å². The molecule has 0 spiro atoms. The maximum atomic E-state index is 12.7. The van der Waals surface area contributed by atoms with Crippen LogP contribution in [0.2, 0.25) is 5.02 Å². The average molecular weight is 393 g/mol. The van der Waals surface area contributed by atoms with Gasteiger partial charge in [-0.05, 0) is 60.6 Å². The minimum absolute atomic E-state index is 0.290. The Morgan fingerprint density at radius 1 is 1.28 bits per heavy atom. The number of hydrogen-bond acceptors (Lipinski definition) is 4. The molecule has 2 aromatic carbocycles. The number of H-pyrrole nitrogens is 1. The average Bonchev–Trinajstić information content (AvgIpc) is 2.93. The summed E-state index contributed by atoms with van der Waals surface area (Å²) in [4.78, 5) is 17.5. The highest BCUT2D eigenvalue weighted by Gasteiger charge is 2.20. The number of nitrogens with one attached hydrogen (secondary N) is 1. The van der Waals surface area contributed by atoms with Crippen LogP contribution in [0, 0.1) is 9.87 Å². The lowest BCUT2D eigenvalue weighted by Gasteiger charge is -2.24. The van der Waals surface area contributed by atoms with Gasteiger partial charge in [0.25, 0.3) is 0 Å². The number of halogens is 1. The van der Waals surface area contributed by atoms with E-state index in [1.807, 2.05) is 18.2 Å². The van der Waals surface area contributed by atoms with Crippen LogP contribution in [-0.2, 0) is 0 Å². The second-order valence-electron chi connectivity index (χ2n) is 6.02. The van der Waals surface area contributed by atoms with Gasteiger partial charge in [0.05, 0.1) is 10.2 Å². The van der Waals surface area contributed by atoms with Gasteiger partial charge in [0.2, 0.25) is 0 Å². The van der Waals surface area contributed by atoms with Crippen molar-refractivity contribution >= 4 is 57.2 Å². The van der Waals surface area contributed by atoms with Gasteiger partial charge in [0, 0.05) is 17.3 Å². The Morgan fingerprint density at radius 3 is 2.68 bits per heavy atom. The molecule has 1 amide bonds. The van der Waals surface area contributed by atoms with Crippen molar-refractivity contribution < 1.29 is 9.53 Å². The Hall–Kier alpha value is -1.89. The fraction of sp³-hybridized carbons (Fsp3) is 0.222. The van der Waals surface area contributed by atoms with E-state index in [0.29, 0.717) is 21.3 Å². The molecule has 0 aliphatic carbocycles. The predicted molar refractivity (Wildman–Crippen MR) is 107 cm³/mol. The summed E-state index contributed by atoms with van der Waals surface area (Å²) in [5, 5.41) is 0.595. The van der Waals surface area contributed by atoms with E-state index in [-0.39, 0.29) is 5.92 Å². The molecule has 1 aromatic heterocycles. The molecule has 0 bridgehead atoms. The molecule has 0 aliphatic rings. The number of thiazole rings is 1. The fourth-order valence-electron chi connectivity index (χ4n) is 2.41. The zero-order chi connectivity index (χ0) is 18.0. The van der Waals surface area contributed by atoms with Crippen molar-refractivity contribution in [1.82, 2.24) is 4.98 Å². The van der Waals surface area contributed by atoms with Gasteiger partial charge >= 0.3 is 6.09 Å². The highest BCUT2D eigenvalue weighted by Crippen LogP contribution is 2.27. The van der Waals surface area contributed by atoms with Crippen molar-refractivity contribution in [3.63, 3.8) is 0 Å². The number of nitrogens with zero attached hydrogens (tertiary/aromatic N) is 1. The third-order valence-electron chi connectivity index (χ3n) is 3.50. The van der Waals surface area contributed by atoms with E-state index in [4.69, 9.17) is 28.6 Å². The minimum Gasteiger partial charge on any atom is -0.410 e. The molecule has 7 heteroatoms. The molecule has 0 radical (unpaired) electrons. The zero-order valence-corrected chi connectivity index (χ0v) is 16.2. The van der Waals surface area contributed by atoms with Crippen LogP contribution in [0.3, 0.4) is 0 Å². The first kappa shape index (κ1) is 17.9. The topological polar surface area (TPSA) is 45.3 Å². The second-order valence-corrected chi connectivity index (χ2v) is 8.18. The molecule has 4 nitrogen and oxygen atoms in total. The van der Waals surface area contributed by atoms with Gasteiger partial charge in [-0.2, -0.15) is 0 Å². The molecular weight excluding hydrogens is 376 g/mol. The molecule has 3 rings (SSSR count). The summed E-state index contributed by atoms with van der Waals surface area (Å²) in [6, 6.07) is 12.5. The van der Waals surface area contributed by atoms with Gasteiger partial charge in [-0.25, -0.2) is 4.79 Å². The lowest BCUT2D eigenvalue weighted by Crippen LogP contribution is -2.36. The Morgan fingerprint density at radius 2 is 2.00 bits per heavy atom. The van der Waals surface area contributed by atoms with Gasteiger partial charge in [-0.3, -0.25) is 4.90 Å². The molecule has 0 saturated carbocycles. The standard InChI is InChI=1S/C18H17ClN2O2S2/c1-11(2)10-21(18(22)23-14-6-3-12(19)4-7-14)13-5-8-15-16(9-13)25-17(24)20-15/h3-9,11H,10H2,1-2H3,(H,20,24). The van der Waals surface area contributed by atoms with Crippen LogP contribution in [0.15, 0.2) is 42.5 Å². The summed E-state index contributed by atoms with van der Waals surface area (Å²) in [7, 11) is 0. The summed E-state index contributed by atoms with van der Waals surface area (Å²) in [6.45, 7) is 4.66. The van der Waals surface area contributed by atoms with Crippen LogP contribution in [0.1, 0.15) is 13.8 Å². The molecule has 1 heterocycles. The van der Waals surface area contributed by atoms with Gasteiger partial charge in [-0.1, -0.05) is 25.4 Å². The summed E-state index contributed by atoms with van der Waals surface area (Å²) in [5.74, 6) is 0.749. The normalized spacial score (nSPS) is 11.0. The van der Waals surface area contributed by atoms with E-state index >= 15 is 0 Å². The zero-order valence-electron chi connectivity index (χ0n) is 13.8. The Balaban J connectivity index is 1.90. The lowest BCUT2D eigenvalue weighted by atomic mass is 10.2. The van der Waals surface area contributed by atoms with Crippen molar-refractivity contribution in [2.75, 3.05) is 11.4 Å². The maximum absolute atomic E-state index is 12.7. The van der Waals surface area contributed by atoms with Crippen molar-refractivity contribution in [3.8, 4) is 5.75 Å². The Kier molecular flexibility index (Phi) is 5.42. The van der Waals surface area contributed by atoms with Gasteiger partial charge in [0.1, 0.15) is 5.75 Å². The first-order valence-corrected chi connectivity index (χ1v) is 9.40. The van der Waals surface area contributed by atoms with E-state index in [0.717, 1.165) is 15.9 Å². The number of ether oxygens (including phenoxy) is 1. The molecule has 3 aromatic rings. The van der Waals surface area contributed by atoms with E-state index < -0.39 is 6.09 Å². The van der Waals surface area contributed by atoms with Crippen LogP contribution in [0.5, 0.6) is 5.75 Å². The van der Waals surface area contributed by atoms with Crippen molar-refractivity contribution in [2.45, 2.75) is 13.8 Å². The van der Waals surface area contributed by atoms with E-state index in [2.05, 4.69) is 18.8 Å². The molecule has 0 saturated heterocycles. The Bertz CT molecular complexity index is 948. The minimum atomic E-state index is -0.422. The number of fused-ring (bicyclic) bond motifs is 1. The number of carbonyl (C=O) groups is 1. The molecule has 0 fully saturated rings. The second kappa shape index (κ2) is 7.56.